The van der Waals surface area contributed by atoms with Gasteiger partial charge in [0.05, 0.1) is 31.1 Å². The molecule has 0 bridgehead atoms. The fourth-order valence-electron chi connectivity index (χ4n) is 4.08. The Morgan fingerprint density at radius 2 is 1.85 bits per heavy atom. The molecule has 1 aliphatic heterocycles. The Hall–Kier alpha value is -3.33. The monoisotopic (exact) mass is 471 g/mol. The maximum Gasteiger partial charge on any atom is 0.290 e. The van der Waals surface area contributed by atoms with E-state index >= 15 is 0 Å². The second-order valence-corrected chi connectivity index (χ2v) is 10.4. The van der Waals surface area contributed by atoms with Crippen molar-refractivity contribution in [1.82, 2.24) is 4.90 Å². The number of hydrogen-bond donors (Lipinski definition) is 0. The van der Waals surface area contributed by atoms with E-state index in [1.54, 1.807) is 36.4 Å². The molecule has 1 amide bonds. The zero-order valence-electron chi connectivity index (χ0n) is 18.7. The first-order valence-corrected chi connectivity index (χ1v) is 12.3. The lowest BCUT2D eigenvalue weighted by Gasteiger charge is -2.28. The second kappa shape index (κ2) is 8.90. The van der Waals surface area contributed by atoms with E-state index in [0.717, 1.165) is 11.1 Å². The third kappa shape index (κ3) is 4.73. The maximum absolute atomic E-state index is 13.5. The number of aryl methyl sites for hydroxylation is 1. The third-order valence-electron chi connectivity index (χ3n) is 5.80. The molecule has 0 radical (unpaired) electrons. The van der Waals surface area contributed by atoms with Gasteiger partial charge < -0.3 is 18.8 Å². The summed E-state index contributed by atoms with van der Waals surface area (Å²) in [5.41, 5.74) is 1.61. The van der Waals surface area contributed by atoms with E-state index in [1.165, 1.54) is 25.2 Å². The molecule has 1 saturated heterocycles. The Morgan fingerprint density at radius 1 is 1.09 bits per heavy atom. The Kier molecular flexibility index (Phi) is 6.16. The molecule has 0 saturated carbocycles. The minimum Gasteiger partial charge on any atom is -0.493 e. The van der Waals surface area contributed by atoms with Gasteiger partial charge in [0.2, 0.25) is 0 Å². The van der Waals surface area contributed by atoms with Crippen LogP contribution >= 0.6 is 0 Å². The number of sulfone groups is 1. The fourth-order valence-corrected chi connectivity index (χ4v) is 5.81. The number of fused-ring (bicyclic) bond motifs is 1. The minimum atomic E-state index is -3.25. The van der Waals surface area contributed by atoms with Gasteiger partial charge in [0.1, 0.15) is 5.58 Å². The molecule has 9 heteroatoms. The average molecular weight is 472 g/mol. The van der Waals surface area contributed by atoms with Crippen molar-refractivity contribution in [3.8, 4) is 11.5 Å². The number of ether oxygens (including phenoxy) is 2. The van der Waals surface area contributed by atoms with Gasteiger partial charge in [-0.25, -0.2) is 8.42 Å². The van der Waals surface area contributed by atoms with E-state index in [1.807, 2.05) is 6.92 Å². The van der Waals surface area contributed by atoms with Crippen LogP contribution in [0.15, 0.2) is 51.7 Å². The zero-order chi connectivity index (χ0) is 23.8. The molecule has 2 heterocycles. The average Bonchev–Trinajstić information content (AvgIpc) is 3.16. The molecular weight excluding hydrogens is 446 g/mol. The number of methoxy groups -OCH3 is 2. The van der Waals surface area contributed by atoms with E-state index in [0.29, 0.717) is 28.9 Å². The molecule has 2 aromatic carbocycles. The van der Waals surface area contributed by atoms with E-state index in [9.17, 15) is 18.0 Å². The molecule has 0 aliphatic carbocycles. The van der Waals surface area contributed by atoms with Crippen LogP contribution in [0.25, 0.3) is 11.0 Å². The molecule has 1 atom stereocenters. The van der Waals surface area contributed by atoms with Crippen molar-refractivity contribution in [3.63, 3.8) is 0 Å². The molecule has 33 heavy (non-hydrogen) atoms. The van der Waals surface area contributed by atoms with Crippen LogP contribution in [-0.2, 0) is 16.4 Å². The molecular formula is C24H25NO7S. The second-order valence-electron chi connectivity index (χ2n) is 8.15. The Bertz CT molecular complexity index is 1380. The van der Waals surface area contributed by atoms with Crippen molar-refractivity contribution >= 4 is 26.7 Å². The SMILES string of the molecule is COc1ccc(CN(C(=O)c2cc(=O)c3cc(C)ccc3o2)[C@@H]2CCS(=O)(=O)C2)cc1OC. The van der Waals surface area contributed by atoms with Crippen LogP contribution < -0.4 is 14.9 Å². The largest absolute Gasteiger partial charge is 0.493 e. The summed E-state index contributed by atoms with van der Waals surface area (Å²) in [6, 6.07) is 11.0. The van der Waals surface area contributed by atoms with Crippen LogP contribution in [0.2, 0.25) is 0 Å². The number of amides is 1. The van der Waals surface area contributed by atoms with Crippen LogP contribution in [0.1, 0.15) is 28.1 Å². The smallest absolute Gasteiger partial charge is 0.290 e. The maximum atomic E-state index is 13.5. The summed E-state index contributed by atoms with van der Waals surface area (Å²) in [5, 5.41) is 0.390. The van der Waals surface area contributed by atoms with Crippen LogP contribution in [-0.4, -0.2) is 51.0 Å². The van der Waals surface area contributed by atoms with Gasteiger partial charge in [-0.1, -0.05) is 17.7 Å². The highest BCUT2D eigenvalue weighted by Gasteiger charge is 2.36. The standard InChI is InChI=1S/C24H25NO7S/c1-15-4-6-20-18(10-15)19(26)12-23(32-20)24(27)25(17-8-9-33(28,29)14-17)13-16-5-7-21(30-2)22(11-16)31-3/h4-7,10-12,17H,8-9,13-14H2,1-3H3/t17-/m1/s1. The number of nitrogens with zero attached hydrogens (tertiary/aromatic N) is 1. The zero-order valence-corrected chi connectivity index (χ0v) is 19.5. The van der Waals surface area contributed by atoms with Crippen molar-refractivity contribution in [2.45, 2.75) is 25.9 Å². The van der Waals surface area contributed by atoms with Crippen LogP contribution in [0.5, 0.6) is 11.5 Å². The molecule has 1 aromatic heterocycles. The molecule has 0 N–H and O–H groups in total. The summed E-state index contributed by atoms with van der Waals surface area (Å²) >= 11 is 0. The van der Waals surface area contributed by atoms with Crippen molar-refractivity contribution < 1.29 is 27.1 Å². The van der Waals surface area contributed by atoms with Crippen LogP contribution in [0, 0.1) is 6.92 Å². The molecule has 8 nitrogen and oxygen atoms in total. The highest BCUT2D eigenvalue weighted by molar-refractivity contribution is 7.91. The van der Waals surface area contributed by atoms with Gasteiger partial charge in [-0.2, -0.15) is 0 Å². The lowest BCUT2D eigenvalue weighted by Crippen LogP contribution is -2.40. The van der Waals surface area contributed by atoms with Crippen molar-refractivity contribution in [1.29, 1.82) is 0 Å². The van der Waals surface area contributed by atoms with Crippen LogP contribution in [0.4, 0.5) is 0 Å². The molecule has 0 spiro atoms. The number of carbonyl (C=O) groups excluding carboxylic acids is 1. The highest BCUT2D eigenvalue weighted by atomic mass is 32.2. The Morgan fingerprint density at radius 3 is 2.52 bits per heavy atom. The van der Waals surface area contributed by atoms with Crippen LogP contribution in [0.3, 0.4) is 0 Å². The van der Waals surface area contributed by atoms with E-state index in [4.69, 9.17) is 13.9 Å². The summed E-state index contributed by atoms with van der Waals surface area (Å²) in [4.78, 5) is 27.7. The lowest BCUT2D eigenvalue weighted by atomic mass is 10.1. The first-order valence-electron chi connectivity index (χ1n) is 10.5. The Balaban J connectivity index is 1.74. The van der Waals surface area contributed by atoms with Gasteiger partial charge in [0, 0.05) is 18.7 Å². The van der Waals surface area contributed by atoms with Gasteiger partial charge in [-0.3, -0.25) is 9.59 Å². The van der Waals surface area contributed by atoms with Crippen molar-refractivity contribution in [2.75, 3.05) is 25.7 Å². The Labute approximate surface area is 191 Å². The quantitative estimate of drug-likeness (QED) is 0.544. The number of benzene rings is 2. The molecule has 4 rings (SSSR count). The summed E-state index contributed by atoms with van der Waals surface area (Å²) < 4.78 is 40.7. The fraction of sp³-hybridized carbons (Fsp3) is 0.333. The van der Waals surface area contributed by atoms with Crippen molar-refractivity contribution in [3.05, 3.63) is 69.6 Å². The third-order valence-corrected chi connectivity index (χ3v) is 7.55. The molecule has 0 unspecified atom stereocenters. The van der Waals surface area contributed by atoms with Gasteiger partial charge in [-0.05, 0) is 43.2 Å². The number of rotatable bonds is 6. The number of hydrogen-bond acceptors (Lipinski definition) is 7. The summed E-state index contributed by atoms with van der Waals surface area (Å²) in [6.07, 6.45) is 0.318. The predicted octanol–water partition coefficient (Wildman–Crippen LogP) is 2.95. The van der Waals surface area contributed by atoms with E-state index in [2.05, 4.69) is 0 Å². The first kappa shape index (κ1) is 22.8. The van der Waals surface area contributed by atoms with Gasteiger partial charge in [0.25, 0.3) is 5.91 Å². The first-order chi connectivity index (χ1) is 15.7. The molecule has 1 aliphatic rings. The summed E-state index contributed by atoms with van der Waals surface area (Å²) in [6.45, 7) is 1.98. The van der Waals surface area contributed by atoms with Gasteiger partial charge in [0.15, 0.2) is 32.5 Å². The van der Waals surface area contributed by atoms with E-state index in [-0.39, 0.29) is 29.2 Å². The molecule has 174 valence electrons. The lowest BCUT2D eigenvalue weighted by molar-refractivity contribution is 0.0648. The van der Waals surface area contributed by atoms with Gasteiger partial charge >= 0.3 is 0 Å². The normalized spacial score (nSPS) is 17.1. The highest BCUT2D eigenvalue weighted by Crippen LogP contribution is 2.30. The minimum absolute atomic E-state index is 0.00826. The number of carbonyl (C=O) groups is 1. The topological polar surface area (TPSA) is 103 Å². The summed E-state index contributed by atoms with van der Waals surface area (Å²) in [7, 11) is -0.209. The predicted molar refractivity (Wildman–Crippen MR) is 124 cm³/mol. The van der Waals surface area contributed by atoms with Gasteiger partial charge in [-0.15, -0.1) is 0 Å². The van der Waals surface area contributed by atoms with E-state index < -0.39 is 21.8 Å². The van der Waals surface area contributed by atoms with Crippen molar-refractivity contribution in [2.24, 2.45) is 0 Å². The molecule has 1 fully saturated rings. The molecule has 3 aromatic rings. The summed E-state index contributed by atoms with van der Waals surface area (Å²) in [5.74, 6) is 0.247.